The lowest BCUT2D eigenvalue weighted by molar-refractivity contribution is 0.0693. The second-order valence-corrected chi connectivity index (χ2v) is 10.0. The first kappa shape index (κ1) is 19.5. The van der Waals surface area contributed by atoms with Crippen LogP contribution in [0.25, 0.3) is 0 Å². The van der Waals surface area contributed by atoms with E-state index in [1.807, 2.05) is 18.3 Å². The predicted molar refractivity (Wildman–Crippen MR) is 102 cm³/mol. The molecule has 4 heteroatoms. The largest absolute Gasteiger partial charge is 0.478 e. The van der Waals surface area contributed by atoms with E-state index >= 15 is 0 Å². The molecule has 3 rings (SSSR count). The summed E-state index contributed by atoms with van der Waals surface area (Å²) in [6, 6.07) is 0. The van der Waals surface area contributed by atoms with Gasteiger partial charge in [0.25, 0.3) is 0 Å². The lowest BCUT2D eigenvalue weighted by Crippen LogP contribution is -2.22. The molecule has 0 radical (unpaired) electrons. The molecule has 0 aromatic carbocycles. The van der Waals surface area contributed by atoms with E-state index < -0.39 is 5.97 Å². The van der Waals surface area contributed by atoms with Gasteiger partial charge in [0.1, 0.15) is 0 Å². The van der Waals surface area contributed by atoms with Crippen LogP contribution in [0.5, 0.6) is 0 Å². The standard InChI is InChI=1S/C18H26O2S.C2H7N/c1-17(2)7-5-11(9-17)15-14(16(19)20)12-10-18(3,4)8-6-13(12)21-15;1-2-3/h11H,5-10H2,1-4H3,(H,19,20);2-3H2,1H3. The molecule has 24 heavy (non-hydrogen) atoms. The second-order valence-electron chi connectivity index (χ2n) is 8.90. The van der Waals surface area contributed by atoms with Gasteiger partial charge in [0.2, 0.25) is 0 Å². The van der Waals surface area contributed by atoms with E-state index in [0.717, 1.165) is 37.8 Å². The van der Waals surface area contributed by atoms with Crippen LogP contribution in [0, 0.1) is 10.8 Å². The van der Waals surface area contributed by atoms with Crippen LogP contribution in [-0.2, 0) is 12.8 Å². The number of hydrogen-bond donors (Lipinski definition) is 2. The maximum Gasteiger partial charge on any atom is 0.337 e. The average molecular weight is 352 g/mol. The molecule has 2 aliphatic rings. The van der Waals surface area contributed by atoms with E-state index in [1.165, 1.54) is 22.6 Å². The Morgan fingerprint density at radius 3 is 2.38 bits per heavy atom. The molecular formula is C20H33NO2S. The van der Waals surface area contributed by atoms with Crippen molar-refractivity contribution in [3.05, 3.63) is 20.9 Å². The Morgan fingerprint density at radius 2 is 1.88 bits per heavy atom. The summed E-state index contributed by atoms with van der Waals surface area (Å²) in [6.45, 7) is 11.8. The topological polar surface area (TPSA) is 63.3 Å². The summed E-state index contributed by atoms with van der Waals surface area (Å²) < 4.78 is 0. The first-order valence-corrected chi connectivity index (χ1v) is 9.99. The molecular weight excluding hydrogens is 318 g/mol. The zero-order valence-corrected chi connectivity index (χ0v) is 16.7. The molecule has 1 heterocycles. The average Bonchev–Trinajstić information content (AvgIpc) is 2.98. The van der Waals surface area contributed by atoms with Crippen LogP contribution in [0.15, 0.2) is 0 Å². The van der Waals surface area contributed by atoms with Crippen LogP contribution < -0.4 is 5.73 Å². The summed E-state index contributed by atoms with van der Waals surface area (Å²) in [5, 5.41) is 9.78. The van der Waals surface area contributed by atoms with Crippen LogP contribution in [0.2, 0.25) is 0 Å². The maximum absolute atomic E-state index is 11.9. The van der Waals surface area contributed by atoms with Crippen molar-refractivity contribution in [2.75, 3.05) is 6.54 Å². The minimum atomic E-state index is -0.704. The van der Waals surface area contributed by atoms with Crippen molar-refractivity contribution < 1.29 is 9.90 Å². The fourth-order valence-corrected chi connectivity index (χ4v) is 5.57. The molecule has 0 saturated heterocycles. The summed E-state index contributed by atoms with van der Waals surface area (Å²) in [5.41, 5.74) is 7.28. The smallest absolute Gasteiger partial charge is 0.337 e. The fraction of sp³-hybridized carbons (Fsp3) is 0.750. The van der Waals surface area contributed by atoms with Gasteiger partial charge in [-0.25, -0.2) is 4.79 Å². The Balaban J connectivity index is 0.000000647. The van der Waals surface area contributed by atoms with Crippen molar-refractivity contribution in [3.63, 3.8) is 0 Å². The highest BCUT2D eigenvalue weighted by atomic mass is 32.1. The van der Waals surface area contributed by atoms with Crippen molar-refractivity contribution in [1.29, 1.82) is 0 Å². The minimum Gasteiger partial charge on any atom is -0.478 e. The van der Waals surface area contributed by atoms with Gasteiger partial charge in [0, 0.05) is 9.75 Å². The number of carbonyl (C=O) groups is 1. The highest BCUT2D eigenvalue weighted by Crippen LogP contribution is 2.51. The van der Waals surface area contributed by atoms with E-state index in [2.05, 4.69) is 27.7 Å². The van der Waals surface area contributed by atoms with Crippen molar-refractivity contribution in [1.82, 2.24) is 0 Å². The van der Waals surface area contributed by atoms with Gasteiger partial charge in [-0.05, 0) is 67.4 Å². The lowest BCUT2D eigenvalue weighted by atomic mass is 9.75. The minimum absolute atomic E-state index is 0.241. The van der Waals surface area contributed by atoms with Gasteiger partial charge < -0.3 is 10.8 Å². The maximum atomic E-state index is 11.9. The molecule has 1 atom stereocenters. The monoisotopic (exact) mass is 351 g/mol. The highest BCUT2D eigenvalue weighted by Gasteiger charge is 2.38. The zero-order chi connectivity index (χ0) is 18.1. The number of fused-ring (bicyclic) bond motifs is 1. The van der Waals surface area contributed by atoms with E-state index in [9.17, 15) is 9.90 Å². The first-order valence-electron chi connectivity index (χ1n) is 9.18. The molecule has 1 aromatic rings. The Labute approximate surface area is 150 Å². The van der Waals surface area contributed by atoms with Crippen LogP contribution in [0.3, 0.4) is 0 Å². The van der Waals surface area contributed by atoms with Crippen molar-refractivity contribution in [3.8, 4) is 0 Å². The normalized spacial score (nSPS) is 24.0. The quantitative estimate of drug-likeness (QED) is 0.768. The number of thiophene rings is 1. The molecule has 3 N–H and O–H groups in total. The molecule has 1 saturated carbocycles. The number of nitrogens with two attached hydrogens (primary N) is 1. The van der Waals surface area contributed by atoms with E-state index in [-0.39, 0.29) is 5.41 Å². The van der Waals surface area contributed by atoms with E-state index in [4.69, 9.17) is 5.73 Å². The molecule has 136 valence electrons. The summed E-state index contributed by atoms with van der Waals surface area (Å²) in [7, 11) is 0. The van der Waals surface area contributed by atoms with E-state index in [1.54, 1.807) is 0 Å². The first-order chi connectivity index (χ1) is 11.1. The van der Waals surface area contributed by atoms with E-state index in [0.29, 0.717) is 16.9 Å². The number of carboxylic acids is 1. The molecule has 1 unspecified atom stereocenters. The Morgan fingerprint density at radius 1 is 1.25 bits per heavy atom. The summed E-state index contributed by atoms with van der Waals surface area (Å²) in [4.78, 5) is 14.4. The number of rotatable bonds is 2. The molecule has 1 fully saturated rings. The molecule has 0 bridgehead atoms. The second kappa shape index (κ2) is 7.17. The molecule has 0 aliphatic heterocycles. The Kier molecular flexibility index (Phi) is 5.81. The number of aryl methyl sites for hydroxylation is 1. The molecule has 1 aromatic heterocycles. The molecule has 3 nitrogen and oxygen atoms in total. The van der Waals surface area contributed by atoms with Crippen molar-refractivity contribution >= 4 is 17.3 Å². The van der Waals surface area contributed by atoms with Crippen LogP contribution >= 0.6 is 11.3 Å². The van der Waals surface area contributed by atoms with Crippen LogP contribution in [0.4, 0.5) is 0 Å². The number of carboxylic acid groups (broad SMARTS) is 1. The SMILES string of the molecule is CC1(C)CCc2sc(C3CCC(C)(C)C3)c(C(=O)O)c2C1.CCN. The zero-order valence-electron chi connectivity index (χ0n) is 15.9. The van der Waals surface area contributed by atoms with Gasteiger partial charge in [-0.2, -0.15) is 0 Å². The molecule has 0 amide bonds. The van der Waals surface area contributed by atoms with Crippen molar-refractivity contribution in [2.24, 2.45) is 16.6 Å². The highest BCUT2D eigenvalue weighted by molar-refractivity contribution is 7.12. The van der Waals surface area contributed by atoms with Gasteiger partial charge in [-0.3, -0.25) is 0 Å². The van der Waals surface area contributed by atoms with Gasteiger partial charge in [-0.15, -0.1) is 11.3 Å². The van der Waals surface area contributed by atoms with Gasteiger partial charge >= 0.3 is 5.97 Å². The third-order valence-corrected chi connectivity index (χ3v) is 6.81. The Bertz CT molecular complexity index is 601. The number of aromatic carboxylic acids is 1. The lowest BCUT2D eigenvalue weighted by Gasteiger charge is -2.29. The summed E-state index contributed by atoms with van der Waals surface area (Å²) in [5.74, 6) is -0.241. The predicted octanol–water partition coefficient (Wildman–Crippen LogP) is 5.22. The Hall–Kier alpha value is -0.870. The van der Waals surface area contributed by atoms with Crippen molar-refractivity contribution in [2.45, 2.75) is 79.1 Å². The van der Waals surface area contributed by atoms with Gasteiger partial charge in [-0.1, -0.05) is 34.6 Å². The third-order valence-electron chi connectivity index (χ3n) is 5.36. The van der Waals surface area contributed by atoms with Crippen LogP contribution in [0.1, 0.15) is 91.9 Å². The third kappa shape index (κ3) is 4.20. The fourth-order valence-electron chi connectivity index (χ4n) is 4.12. The number of hydrogen-bond acceptors (Lipinski definition) is 3. The molecule has 2 aliphatic carbocycles. The van der Waals surface area contributed by atoms with Gasteiger partial charge in [0.15, 0.2) is 0 Å². The van der Waals surface area contributed by atoms with Gasteiger partial charge in [0.05, 0.1) is 5.56 Å². The molecule has 0 spiro atoms. The summed E-state index contributed by atoms with van der Waals surface area (Å²) in [6.07, 6.45) is 6.66. The van der Waals surface area contributed by atoms with Crippen LogP contribution in [-0.4, -0.2) is 17.6 Å². The summed E-state index contributed by atoms with van der Waals surface area (Å²) >= 11 is 1.81.